The van der Waals surface area contributed by atoms with Crippen molar-refractivity contribution < 1.29 is 4.79 Å². The van der Waals surface area contributed by atoms with Crippen molar-refractivity contribution in [3.8, 4) is 0 Å². The molecule has 0 unspecified atom stereocenters. The van der Waals surface area contributed by atoms with Gasteiger partial charge in [-0.25, -0.2) is 4.79 Å². The van der Waals surface area contributed by atoms with E-state index in [1.807, 2.05) is 50.3 Å². The molecule has 1 aromatic carbocycles. The standard InChI is InChI=1S/C13H17N3O.ClH/c1-10(2)15-12(16-13(14)17)9-8-11-6-4-3-5-7-11;/h3-10H,1-2H3,(H3,14,15,16,17);1H/b9-8+;. The maximum absolute atomic E-state index is 10.8. The normalized spacial score (nSPS) is 11.4. The highest BCUT2D eigenvalue weighted by molar-refractivity contribution is 6.05. The van der Waals surface area contributed by atoms with Crippen molar-refractivity contribution in [1.29, 1.82) is 0 Å². The van der Waals surface area contributed by atoms with Crippen molar-refractivity contribution in [2.45, 2.75) is 19.9 Å². The fraction of sp³-hybridized carbons (Fsp3) is 0.231. The molecule has 4 nitrogen and oxygen atoms in total. The molecule has 0 aliphatic rings. The molecule has 0 bridgehead atoms. The Kier molecular flexibility index (Phi) is 7.47. The van der Waals surface area contributed by atoms with Gasteiger partial charge in [-0.3, -0.25) is 10.3 Å². The number of nitrogens with one attached hydrogen (secondary N) is 1. The first-order valence-electron chi connectivity index (χ1n) is 5.45. The Labute approximate surface area is 113 Å². The number of rotatable bonds is 3. The Balaban J connectivity index is 0.00000289. The van der Waals surface area contributed by atoms with Crippen LogP contribution in [0.5, 0.6) is 0 Å². The Bertz CT molecular complexity index is 427. The molecule has 0 heterocycles. The van der Waals surface area contributed by atoms with E-state index in [4.69, 9.17) is 5.73 Å². The minimum Gasteiger partial charge on any atom is -0.351 e. The van der Waals surface area contributed by atoms with Gasteiger partial charge in [0.25, 0.3) is 0 Å². The molecule has 98 valence electrons. The van der Waals surface area contributed by atoms with Crippen LogP contribution >= 0.6 is 12.4 Å². The Morgan fingerprint density at radius 2 is 1.94 bits per heavy atom. The van der Waals surface area contributed by atoms with Crippen molar-refractivity contribution in [2.75, 3.05) is 0 Å². The molecule has 0 saturated heterocycles. The van der Waals surface area contributed by atoms with E-state index in [1.54, 1.807) is 6.08 Å². The Morgan fingerprint density at radius 1 is 1.33 bits per heavy atom. The van der Waals surface area contributed by atoms with E-state index in [2.05, 4.69) is 10.3 Å². The lowest BCUT2D eigenvalue weighted by atomic mass is 10.2. The molecule has 0 atom stereocenters. The number of primary amides is 1. The molecule has 2 amide bonds. The summed E-state index contributed by atoms with van der Waals surface area (Å²) in [6.45, 7) is 3.86. The molecule has 1 rings (SSSR count). The first kappa shape index (κ1) is 16.2. The van der Waals surface area contributed by atoms with E-state index in [-0.39, 0.29) is 18.4 Å². The average molecular weight is 268 g/mol. The minimum absolute atomic E-state index is 0. The first-order valence-corrected chi connectivity index (χ1v) is 5.45. The summed E-state index contributed by atoms with van der Waals surface area (Å²) in [7, 11) is 0. The van der Waals surface area contributed by atoms with E-state index >= 15 is 0 Å². The van der Waals surface area contributed by atoms with Crippen LogP contribution in [0.2, 0.25) is 0 Å². The molecular formula is C13H18ClN3O. The van der Waals surface area contributed by atoms with E-state index in [0.717, 1.165) is 5.56 Å². The monoisotopic (exact) mass is 267 g/mol. The van der Waals surface area contributed by atoms with Gasteiger partial charge in [0.15, 0.2) is 0 Å². The lowest BCUT2D eigenvalue weighted by Crippen LogP contribution is -2.34. The van der Waals surface area contributed by atoms with Crippen LogP contribution in [0.1, 0.15) is 19.4 Å². The molecule has 1 aromatic rings. The smallest absolute Gasteiger partial charge is 0.317 e. The fourth-order valence-corrected chi connectivity index (χ4v) is 1.26. The predicted molar refractivity (Wildman–Crippen MR) is 78.0 cm³/mol. The number of nitrogens with two attached hydrogens (primary N) is 1. The van der Waals surface area contributed by atoms with Crippen LogP contribution in [0, 0.1) is 0 Å². The first-order chi connectivity index (χ1) is 8.08. The predicted octanol–water partition coefficient (Wildman–Crippen LogP) is 2.60. The van der Waals surface area contributed by atoms with Gasteiger partial charge in [0.05, 0.1) is 0 Å². The van der Waals surface area contributed by atoms with Gasteiger partial charge in [0, 0.05) is 6.04 Å². The summed E-state index contributed by atoms with van der Waals surface area (Å²) in [5.74, 6) is 0.469. The number of benzene rings is 1. The molecular weight excluding hydrogens is 250 g/mol. The summed E-state index contributed by atoms with van der Waals surface area (Å²) in [5, 5.41) is 2.48. The fourth-order valence-electron chi connectivity index (χ4n) is 1.26. The van der Waals surface area contributed by atoms with Gasteiger partial charge in [0.1, 0.15) is 5.84 Å². The van der Waals surface area contributed by atoms with Crippen molar-refractivity contribution >= 4 is 30.3 Å². The molecule has 0 fully saturated rings. The van der Waals surface area contributed by atoms with Crippen molar-refractivity contribution in [3.63, 3.8) is 0 Å². The maximum Gasteiger partial charge on any atom is 0.317 e. The number of aliphatic imine (C=N–C) groups is 1. The summed E-state index contributed by atoms with van der Waals surface area (Å²) < 4.78 is 0. The molecule has 18 heavy (non-hydrogen) atoms. The van der Waals surface area contributed by atoms with Gasteiger partial charge in [-0.15, -0.1) is 12.4 Å². The molecule has 0 aliphatic heterocycles. The van der Waals surface area contributed by atoms with Gasteiger partial charge in [-0.05, 0) is 25.5 Å². The van der Waals surface area contributed by atoms with Crippen LogP contribution in [0.4, 0.5) is 4.79 Å². The van der Waals surface area contributed by atoms with Crippen LogP contribution in [0.25, 0.3) is 6.08 Å². The summed E-state index contributed by atoms with van der Waals surface area (Å²) >= 11 is 0. The zero-order valence-corrected chi connectivity index (χ0v) is 11.3. The SMILES string of the molecule is CC(C)N=C(/C=C/c1ccccc1)NC(N)=O.Cl. The zero-order chi connectivity index (χ0) is 12.7. The highest BCUT2D eigenvalue weighted by Gasteiger charge is 1.99. The summed E-state index contributed by atoms with van der Waals surface area (Å²) in [6, 6.07) is 9.25. The molecule has 0 spiro atoms. The van der Waals surface area contributed by atoms with Crippen LogP contribution < -0.4 is 11.1 Å². The molecule has 3 N–H and O–H groups in total. The van der Waals surface area contributed by atoms with Crippen LogP contribution in [-0.2, 0) is 0 Å². The molecule has 0 radical (unpaired) electrons. The highest BCUT2D eigenvalue weighted by atomic mass is 35.5. The van der Waals surface area contributed by atoms with Crippen molar-refractivity contribution in [3.05, 3.63) is 42.0 Å². The van der Waals surface area contributed by atoms with Crippen molar-refractivity contribution in [2.24, 2.45) is 10.7 Å². The zero-order valence-electron chi connectivity index (χ0n) is 10.5. The van der Waals surface area contributed by atoms with Gasteiger partial charge in [0.2, 0.25) is 0 Å². The second-order valence-corrected chi connectivity index (χ2v) is 3.84. The summed E-state index contributed by atoms with van der Waals surface area (Å²) in [5.41, 5.74) is 6.11. The van der Waals surface area contributed by atoms with Gasteiger partial charge in [-0.1, -0.05) is 36.4 Å². The third-order valence-electron chi connectivity index (χ3n) is 1.88. The number of amides is 2. The second-order valence-electron chi connectivity index (χ2n) is 3.84. The van der Waals surface area contributed by atoms with Crippen molar-refractivity contribution in [1.82, 2.24) is 5.32 Å². The number of urea groups is 1. The van der Waals surface area contributed by atoms with Gasteiger partial charge in [-0.2, -0.15) is 0 Å². The third-order valence-corrected chi connectivity index (χ3v) is 1.88. The number of amidine groups is 1. The Hall–Kier alpha value is -1.81. The van der Waals surface area contributed by atoms with E-state index in [9.17, 15) is 4.79 Å². The maximum atomic E-state index is 10.8. The average Bonchev–Trinajstić information content (AvgIpc) is 2.26. The van der Waals surface area contributed by atoms with E-state index in [1.165, 1.54) is 0 Å². The van der Waals surface area contributed by atoms with Gasteiger partial charge < -0.3 is 5.73 Å². The molecule has 5 heteroatoms. The van der Waals surface area contributed by atoms with Crippen LogP contribution in [-0.4, -0.2) is 17.9 Å². The second kappa shape index (κ2) is 8.31. The van der Waals surface area contributed by atoms with E-state index in [0.29, 0.717) is 5.84 Å². The lowest BCUT2D eigenvalue weighted by Gasteiger charge is -2.04. The highest BCUT2D eigenvalue weighted by Crippen LogP contribution is 2.01. The number of halogens is 1. The lowest BCUT2D eigenvalue weighted by molar-refractivity contribution is 0.253. The molecule has 0 saturated carbocycles. The third kappa shape index (κ3) is 6.70. The quantitative estimate of drug-likeness (QED) is 0.641. The number of hydrogen-bond acceptors (Lipinski definition) is 2. The van der Waals surface area contributed by atoms with E-state index < -0.39 is 6.03 Å². The van der Waals surface area contributed by atoms with Crippen LogP contribution in [0.3, 0.4) is 0 Å². The minimum atomic E-state index is -0.609. The Morgan fingerprint density at radius 3 is 2.44 bits per heavy atom. The molecule has 0 aliphatic carbocycles. The summed E-state index contributed by atoms with van der Waals surface area (Å²) in [4.78, 5) is 15.0. The summed E-state index contributed by atoms with van der Waals surface area (Å²) in [6.07, 6.45) is 3.61. The number of carbonyl (C=O) groups excluding carboxylic acids is 1. The van der Waals surface area contributed by atoms with Crippen LogP contribution in [0.15, 0.2) is 41.4 Å². The number of nitrogens with zero attached hydrogens (tertiary/aromatic N) is 1. The topological polar surface area (TPSA) is 67.5 Å². The number of carbonyl (C=O) groups is 1. The largest absolute Gasteiger partial charge is 0.351 e. The van der Waals surface area contributed by atoms with Gasteiger partial charge >= 0.3 is 6.03 Å². The number of hydrogen-bond donors (Lipinski definition) is 2. The molecule has 0 aromatic heterocycles.